The Balaban J connectivity index is 2.27. The minimum atomic E-state index is -0.313. The van der Waals surface area contributed by atoms with E-state index >= 15 is 0 Å². The minimum absolute atomic E-state index is 0.232. The smallest absolute Gasteiger partial charge is 0.302 e. The molecule has 2 aromatic carbocycles. The number of carbonyl (C=O) groups excluding carboxylic acids is 2. The molecule has 4 nitrogen and oxygen atoms in total. The fourth-order valence-corrected chi connectivity index (χ4v) is 2.83. The van der Waals surface area contributed by atoms with Crippen LogP contribution in [0.2, 0.25) is 0 Å². The van der Waals surface area contributed by atoms with Crippen molar-refractivity contribution in [1.82, 2.24) is 0 Å². The van der Waals surface area contributed by atoms with E-state index in [0.29, 0.717) is 12.2 Å². The van der Waals surface area contributed by atoms with Crippen LogP contribution >= 0.6 is 0 Å². The fourth-order valence-electron chi connectivity index (χ4n) is 2.83. The number of hydrogen-bond acceptors (Lipinski definition) is 4. The van der Waals surface area contributed by atoms with Crippen LogP contribution < -0.4 is 4.74 Å². The van der Waals surface area contributed by atoms with Crippen molar-refractivity contribution in [3.05, 3.63) is 52.6 Å². The third kappa shape index (κ3) is 4.02. The third-order valence-electron chi connectivity index (χ3n) is 3.94. The Labute approximate surface area is 142 Å². The zero-order valence-corrected chi connectivity index (χ0v) is 14.5. The first-order valence-corrected chi connectivity index (χ1v) is 7.86. The maximum absolute atomic E-state index is 11.2. The molecule has 0 N–H and O–H groups in total. The summed E-state index contributed by atoms with van der Waals surface area (Å²) in [6.45, 7) is 7.93. The normalized spacial score (nSPS) is 10.3. The summed E-state index contributed by atoms with van der Waals surface area (Å²) in [5, 5.41) is 0. The van der Waals surface area contributed by atoms with Crippen LogP contribution in [0, 0.1) is 20.8 Å². The van der Waals surface area contributed by atoms with Crippen LogP contribution in [0.25, 0.3) is 11.1 Å². The standard InChI is InChI=1S/C20H22O4/c1-13-10-18(24-9-8-23-16(4)22)11-14(2)20(13)19-7-5-6-17(12-21)15(19)3/h5-7,10-12H,8-9H2,1-4H3. The summed E-state index contributed by atoms with van der Waals surface area (Å²) in [5.41, 5.74) is 5.99. The predicted molar refractivity (Wildman–Crippen MR) is 93.6 cm³/mol. The van der Waals surface area contributed by atoms with E-state index < -0.39 is 0 Å². The number of rotatable bonds is 6. The molecule has 0 atom stereocenters. The second-order valence-electron chi connectivity index (χ2n) is 5.76. The average Bonchev–Trinajstić information content (AvgIpc) is 2.52. The highest BCUT2D eigenvalue weighted by Gasteiger charge is 2.12. The summed E-state index contributed by atoms with van der Waals surface area (Å²) < 4.78 is 10.5. The Morgan fingerprint density at radius 2 is 1.75 bits per heavy atom. The molecule has 0 aromatic heterocycles. The van der Waals surface area contributed by atoms with Gasteiger partial charge in [-0.05, 0) is 60.7 Å². The molecule has 4 heteroatoms. The highest BCUT2D eigenvalue weighted by atomic mass is 16.6. The van der Waals surface area contributed by atoms with Gasteiger partial charge in [-0.15, -0.1) is 0 Å². The molecular weight excluding hydrogens is 304 g/mol. The first kappa shape index (κ1) is 17.7. The lowest BCUT2D eigenvalue weighted by molar-refractivity contribution is -0.141. The number of esters is 1. The van der Waals surface area contributed by atoms with E-state index in [9.17, 15) is 9.59 Å². The quantitative estimate of drug-likeness (QED) is 0.457. The Hall–Kier alpha value is -2.62. The summed E-state index contributed by atoms with van der Waals surface area (Å²) in [7, 11) is 0. The van der Waals surface area contributed by atoms with E-state index in [-0.39, 0.29) is 12.6 Å². The first-order chi connectivity index (χ1) is 11.4. The van der Waals surface area contributed by atoms with Crippen LogP contribution in [0.4, 0.5) is 0 Å². The monoisotopic (exact) mass is 326 g/mol. The second-order valence-corrected chi connectivity index (χ2v) is 5.76. The molecule has 0 heterocycles. The predicted octanol–water partition coefficient (Wildman–Crippen LogP) is 4.03. The molecule has 0 aliphatic carbocycles. The topological polar surface area (TPSA) is 52.6 Å². The van der Waals surface area contributed by atoms with Gasteiger partial charge in [-0.25, -0.2) is 0 Å². The molecule has 0 aliphatic rings. The Bertz CT molecular complexity index is 739. The summed E-state index contributed by atoms with van der Waals surface area (Å²) in [4.78, 5) is 21.9. The van der Waals surface area contributed by atoms with Gasteiger partial charge < -0.3 is 9.47 Å². The van der Waals surface area contributed by atoms with Gasteiger partial charge in [-0.2, -0.15) is 0 Å². The summed E-state index contributed by atoms with van der Waals surface area (Å²) in [5.74, 6) is 0.428. The van der Waals surface area contributed by atoms with Gasteiger partial charge in [0.1, 0.15) is 25.2 Å². The second kappa shape index (κ2) is 7.77. The van der Waals surface area contributed by atoms with Crippen LogP contribution in [0.1, 0.15) is 34.0 Å². The van der Waals surface area contributed by atoms with Gasteiger partial charge in [0, 0.05) is 12.5 Å². The molecule has 0 fully saturated rings. The van der Waals surface area contributed by atoms with E-state index in [1.54, 1.807) is 0 Å². The lowest BCUT2D eigenvalue weighted by Crippen LogP contribution is -2.09. The number of carbonyl (C=O) groups is 2. The number of aldehydes is 1. The maximum Gasteiger partial charge on any atom is 0.302 e. The van der Waals surface area contributed by atoms with Crippen molar-refractivity contribution in [3.8, 4) is 16.9 Å². The van der Waals surface area contributed by atoms with Crippen molar-refractivity contribution in [3.63, 3.8) is 0 Å². The van der Waals surface area contributed by atoms with Gasteiger partial charge in [0.05, 0.1) is 0 Å². The van der Waals surface area contributed by atoms with Crippen LogP contribution in [-0.2, 0) is 9.53 Å². The summed E-state index contributed by atoms with van der Waals surface area (Å²) >= 11 is 0. The van der Waals surface area contributed by atoms with Gasteiger partial charge >= 0.3 is 5.97 Å². The van der Waals surface area contributed by atoms with Crippen molar-refractivity contribution in [2.45, 2.75) is 27.7 Å². The molecule has 24 heavy (non-hydrogen) atoms. The average molecular weight is 326 g/mol. The fraction of sp³-hybridized carbons (Fsp3) is 0.300. The summed E-state index contributed by atoms with van der Waals surface area (Å²) in [6.07, 6.45) is 0.885. The van der Waals surface area contributed by atoms with Crippen molar-refractivity contribution >= 4 is 12.3 Å². The van der Waals surface area contributed by atoms with E-state index in [1.807, 2.05) is 51.1 Å². The van der Waals surface area contributed by atoms with Crippen molar-refractivity contribution in [2.75, 3.05) is 13.2 Å². The molecule has 0 saturated carbocycles. The third-order valence-corrected chi connectivity index (χ3v) is 3.94. The van der Waals surface area contributed by atoms with Crippen LogP contribution in [-0.4, -0.2) is 25.5 Å². The molecule has 2 aromatic rings. The van der Waals surface area contributed by atoms with Crippen LogP contribution in [0.3, 0.4) is 0 Å². The highest BCUT2D eigenvalue weighted by molar-refractivity contribution is 5.84. The molecule has 2 rings (SSSR count). The molecule has 0 unspecified atom stereocenters. The van der Waals surface area contributed by atoms with E-state index in [1.165, 1.54) is 6.92 Å². The molecule has 126 valence electrons. The highest BCUT2D eigenvalue weighted by Crippen LogP contribution is 2.33. The van der Waals surface area contributed by atoms with Crippen molar-refractivity contribution < 1.29 is 19.1 Å². The first-order valence-electron chi connectivity index (χ1n) is 7.86. The zero-order chi connectivity index (χ0) is 17.7. The van der Waals surface area contributed by atoms with Crippen molar-refractivity contribution in [2.24, 2.45) is 0 Å². The van der Waals surface area contributed by atoms with Gasteiger partial charge in [0.15, 0.2) is 0 Å². The van der Waals surface area contributed by atoms with E-state index in [0.717, 1.165) is 39.9 Å². The maximum atomic E-state index is 11.2. The lowest BCUT2D eigenvalue weighted by Gasteiger charge is -2.16. The molecule has 0 bridgehead atoms. The molecule has 0 radical (unpaired) electrons. The number of ether oxygens (including phenoxy) is 2. The van der Waals surface area contributed by atoms with Gasteiger partial charge in [0.25, 0.3) is 0 Å². The largest absolute Gasteiger partial charge is 0.490 e. The van der Waals surface area contributed by atoms with Crippen LogP contribution in [0.5, 0.6) is 5.75 Å². The van der Waals surface area contributed by atoms with Crippen molar-refractivity contribution in [1.29, 1.82) is 0 Å². The Kier molecular flexibility index (Phi) is 5.74. The van der Waals surface area contributed by atoms with Crippen LogP contribution in [0.15, 0.2) is 30.3 Å². The Morgan fingerprint density at radius 1 is 1.08 bits per heavy atom. The number of hydrogen-bond donors (Lipinski definition) is 0. The molecule has 0 amide bonds. The molecular formula is C20H22O4. The Morgan fingerprint density at radius 3 is 2.33 bits per heavy atom. The van der Waals surface area contributed by atoms with E-state index in [4.69, 9.17) is 9.47 Å². The molecule has 0 saturated heterocycles. The zero-order valence-electron chi connectivity index (χ0n) is 14.5. The minimum Gasteiger partial charge on any atom is -0.490 e. The summed E-state index contributed by atoms with van der Waals surface area (Å²) in [6, 6.07) is 9.67. The molecule has 0 aliphatic heterocycles. The van der Waals surface area contributed by atoms with Gasteiger partial charge in [-0.1, -0.05) is 18.2 Å². The lowest BCUT2D eigenvalue weighted by atomic mass is 9.90. The number of benzene rings is 2. The van der Waals surface area contributed by atoms with E-state index in [2.05, 4.69) is 0 Å². The molecule has 0 spiro atoms. The SMILES string of the molecule is CC(=O)OCCOc1cc(C)c(-c2cccc(C=O)c2C)c(C)c1. The van der Waals surface area contributed by atoms with Gasteiger partial charge in [0.2, 0.25) is 0 Å². The number of aryl methyl sites for hydroxylation is 2. The van der Waals surface area contributed by atoms with Gasteiger partial charge in [-0.3, -0.25) is 9.59 Å².